The second-order valence-corrected chi connectivity index (χ2v) is 6.23. The molecule has 0 atom stereocenters. The van der Waals surface area contributed by atoms with E-state index in [1.54, 1.807) is 12.1 Å². The molecule has 0 spiro atoms. The van der Waals surface area contributed by atoms with E-state index < -0.39 is 4.92 Å². The first kappa shape index (κ1) is 19.3. The molecule has 0 bridgehead atoms. The van der Waals surface area contributed by atoms with Gasteiger partial charge in [0.1, 0.15) is 5.75 Å². The van der Waals surface area contributed by atoms with E-state index >= 15 is 0 Å². The summed E-state index contributed by atoms with van der Waals surface area (Å²) in [6, 6.07) is 9.02. The summed E-state index contributed by atoms with van der Waals surface area (Å²) in [6.45, 7) is 0.146. The maximum atomic E-state index is 11.8. The van der Waals surface area contributed by atoms with Crippen LogP contribution in [0, 0.1) is 10.1 Å². The number of nitro groups is 1. The highest BCUT2D eigenvalue weighted by Gasteiger charge is 2.09. The molecule has 0 fully saturated rings. The molecule has 2 aromatic carbocycles. The van der Waals surface area contributed by atoms with Crippen LogP contribution in [-0.2, 0) is 11.2 Å². The van der Waals surface area contributed by atoms with Crippen molar-refractivity contribution >= 4 is 46.4 Å². The Morgan fingerprint density at radius 2 is 1.72 bits per heavy atom. The highest BCUT2D eigenvalue weighted by atomic mass is 35.5. The Morgan fingerprint density at radius 3 is 2.36 bits per heavy atom. The van der Waals surface area contributed by atoms with E-state index in [9.17, 15) is 14.9 Å². The molecule has 132 valence electrons. The van der Waals surface area contributed by atoms with Crippen molar-refractivity contribution in [2.75, 3.05) is 13.2 Å². The third-order valence-corrected chi connectivity index (χ3v) is 4.23. The molecule has 9 heteroatoms. The Balaban J connectivity index is 1.77. The molecule has 0 aliphatic rings. The quantitative estimate of drug-likeness (QED) is 0.425. The molecule has 0 aromatic heterocycles. The van der Waals surface area contributed by atoms with Crippen LogP contribution in [0.15, 0.2) is 36.4 Å². The van der Waals surface area contributed by atoms with Crippen LogP contribution in [0.2, 0.25) is 15.1 Å². The van der Waals surface area contributed by atoms with Crippen LogP contribution >= 0.6 is 34.8 Å². The first-order valence-electron chi connectivity index (χ1n) is 7.14. The van der Waals surface area contributed by atoms with Crippen LogP contribution in [0.3, 0.4) is 0 Å². The minimum Gasteiger partial charge on any atom is -0.482 e. The molecule has 25 heavy (non-hydrogen) atoms. The third-order valence-electron chi connectivity index (χ3n) is 3.22. The minimum atomic E-state index is -0.461. The number of hydrogen-bond donors (Lipinski definition) is 1. The van der Waals surface area contributed by atoms with Crippen LogP contribution < -0.4 is 10.1 Å². The van der Waals surface area contributed by atoms with Gasteiger partial charge in [-0.3, -0.25) is 14.9 Å². The van der Waals surface area contributed by atoms with Crippen LogP contribution in [0.1, 0.15) is 5.56 Å². The maximum absolute atomic E-state index is 11.8. The molecule has 0 saturated carbocycles. The smallest absolute Gasteiger partial charge is 0.269 e. The van der Waals surface area contributed by atoms with Crippen molar-refractivity contribution in [1.29, 1.82) is 0 Å². The summed E-state index contributed by atoms with van der Waals surface area (Å²) in [5.74, 6) is -0.0642. The van der Waals surface area contributed by atoms with E-state index in [4.69, 9.17) is 39.5 Å². The van der Waals surface area contributed by atoms with Crippen LogP contribution in [0.4, 0.5) is 5.69 Å². The third kappa shape index (κ3) is 5.77. The number of hydrogen-bond acceptors (Lipinski definition) is 4. The number of nitrogens with one attached hydrogen (secondary N) is 1. The molecule has 2 rings (SSSR count). The summed E-state index contributed by atoms with van der Waals surface area (Å²) in [4.78, 5) is 21.9. The molecular formula is C16H13Cl3N2O4. The van der Waals surface area contributed by atoms with Gasteiger partial charge in [0.2, 0.25) is 0 Å². The van der Waals surface area contributed by atoms with Crippen molar-refractivity contribution in [3.8, 4) is 5.75 Å². The van der Waals surface area contributed by atoms with Gasteiger partial charge in [-0.05, 0) is 18.1 Å². The SMILES string of the molecule is O=C(COc1cc(Cl)c(Cl)cc1Cl)NCCc1ccc([N+](=O)[O-])cc1. The molecule has 0 aliphatic heterocycles. The first-order valence-corrected chi connectivity index (χ1v) is 8.27. The lowest BCUT2D eigenvalue weighted by Crippen LogP contribution is -2.30. The zero-order chi connectivity index (χ0) is 18.4. The van der Waals surface area contributed by atoms with Gasteiger partial charge in [0.25, 0.3) is 11.6 Å². The molecule has 6 nitrogen and oxygen atoms in total. The molecule has 0 radical (unpaired) electrons. The fourth-order valence-corrected chi connectivity index (χ4v) is 2.53. The van der Waals surface area contributed by atoms with E-state index in [0.29, 0.717) is 18.0 Å². The zero-order valence-electron chi connectivity index (χ0n) is 12.8. The molecule has 0 saturated heterocycles. The number of carbonyl (C=O) groups is 1. The number of benzene rings is 2. The first-order chi connectivity index (χ1) is 11.9. The Hall–Kier alpha value is -2.02. The van der Waals surface area contributed by atoms with E-state index in [1.807, 2.05) is 0 Å². The van der Waals surface area contributed by atoms with Crippen LogP contribution in [0.25, 0.3) is 0 Å². The monoisotopic (exact) mass is 402 g/mol. The second kappa shape index (κ2) is 8.89. The Bertz CT molecular complexity index is 782. The van der Waals surface area contributed by atoms with E-state index in [-0.39, 0.29) is 34.0 Å². The van der Waals surface area contributed by atoms with Crippen molar-refractivity contribution in [3.63, 3.8) is 0 Å². The van der Waals surface area contributed by atoms with Crippen molar-refractivity contribution in [3.05, 3.63) is 67.1 Å². The Kier molecular flexibility index (Phi) is 6.87. The van der Waals surface area contributed by atoms with Crippen molar-refractivity contribution in [1.82, 2.24) is 5.32 Å². The number of non-ortho nitro benzene ring substituents is 1. The largest absolute Gasteiger partial charge is 0.482 e. The summed E-state index contributed by atoms with van der Waals surface area (Å²) in [7, 11) is 0. The van der Waals surface area contributed by atoms with Gasteiger partial charge in [-0.25, -0.2) is 0 Å². The number of halogens is 3. The Morgan fingerprint density at radius 1 is 1.08 bits per heavy atom. The number of rotatable bonds is 7. The average molecular weight is 404 g/mol. The molecule has 0 unspecified atom stereocenters. The van der Waals surface area contributed by atoms with Crippen LogP contribution in [-0.4, -0.2) is 24.0 Å². The summed E-state index contributed by atoms with van der Waals surface area (Å²) in [5.41, 5.74) is 0.902. The number of amides is 1. The number of nitrogens with zero attached hydrogens (tertiary/aromatic N) is 1. The van der Waals surface area contributed by atoms with Gasteiger partial charge in [0.05, 0.1) is 20.0 Å². The fourth-order valence-electron chi connectivity index (χ4n) is 1.94. The average Bonchev–Trinajstić information content (AvgIpc) is 2.57. The molecule has 1 N–H and O–H groups in total. The van der Waals surface area contributed by atoms with Gasteiger partial charge in [0, 0.05) is 24.7 Å². The standard InChI is InChI=1S/C16H13Cl3N2O4/c17-12-7-14(19)15(8-13(12)18)25-9-16(22)20-6-5-10-1-3-11(4-2-10)21(23)24/h1-4,7-8H,5-6,9H2,(H,20,22). The fraction of sp³-hybridized carbons (Fsp3) is 0.188. The zero-order valence-corrected chi connectivity index (χ0v) is 15.1. The van der Waals surface area contributed by atoms with E-state index in [1.165, 1.54) is 24.3 Å². The lowest BCUT2D eigenvalue weighted by Gasteiger charge is -2.10. The summed E-state index contributed by atoms with van der Waals surface area (Å²) < 4.78 is 5.32. The summed E-state index contributed by atoms with van der Waals surface area (Å²) in [5, 5.41) is 14.1. The predicted molar refractivity (Wildman–Crippen MR) is 96.8 cm³/mol. The van der Waals surface area contributed by atoms with E-state index in [2.05, 4.69) is 5.32 Å². The minimum absolute atomic E-state index is 0.0275. The van der Waals surface area contributed by atoms with Gasteiger partial charge in [-0.2, -0.15) is 0 Å². The van der Waals surface area contributed by atoms with Gasteiger partial charge in [-0.15, -0.1) is 0 Å². The number of carbonyl (C=O) groups excluding carboxylic acids is 1. The second-order valence-electron chi connectivity index (χ2n) is 5.01. The highest BCUT2D eigenvalue weighted by molar-refractivity contribution is 6.43. The summed E-state index contributed by atoms with van der Waals surface area (Å²) in [6.07, 6.45) is 0.539. The van der Waals surface area contributed by atoms with E-state index in [0.717, 1.165) is 5.56 Å². The molecule has 2 aromatic rings. The van der Waals surface area contributed by atoms with Crippen LogP contribution in [0.5, 0.6) is 5.75 Å². The van der Waals surface area contributed by atoms with Crippen molar-refractivity contribution < 1.29 is 14.5 Å². The number of ether oxygens (including phenoxy) is 1. The molecule has 0 aliphatic carbocycles. The Labute approximate surface area is 158 Å². The van der Waals surface area contributed by atoms with Gasteiger partial charge in [0.15, 0.2) is 6.61 Å². The normalized spacial score (nSPS) is 10.4. The lowest BCUT2D eigenvalue weighted by atomic mass is 10.1. The van der Waals surface area contributed by atoms with Crippen molar-refractivity contribution in [2.24, 2.45) is 0 Å². The maximum Gasteiger partial charge on any atom is 0.269 e. The topological polar surface area (TPSA) is 81.5 Å². The molecular weight excluding hydrogens is 391 g/mol. The van der Waals surface area contributed by atoms with Gasteiger partial charge < -0.3 is 10.1 Å². The van der Waals surface area contributed by atoms with Crippen molar-refractivity contribution in [2.45, 2.75) is 6.42 Å². The number of nitro benzene ring substituents is 1. The highest BCUT2D eigenvalue weighted by Crippen LogP contribution is 2.33. The lowest BCUT2D eigenvalue weighted by molar-refractivity contribution is -0.384. The molecule has 1 amide bonds. The summed E-state index contributed by atoms with van der Waals surface area (Å²) >= 11 is 17.6. The van der Waals surface area contributed by atoms with Gasteiger partial charge in [-0.1, -0.05) is 46.9 Å². The molecule has 0 heterocycles. The van der Waals surface area contributed by atoms with Gasteiger partial charge >= 0.3 is 0 Å². The predicted octanol–water partition coefficient (Wildman–Crippen LogP) is 4.29.